The smallest absolute Gasteiger partial charge is 0.368 e. The second-order valence-electron chi connectivity index (χ2n) is 6.59. The zero-order chi connectivity index (χ0) is 21.1. The zero-order valence-electron chi connectivity index (χ0n) is 16.4. The van der Waals surface area contributed by atoms with E-state index in [-0.39, 0.29) is 12.3 Å². The molecule has 0 amide bonds. The van der Waals surface area contributed by atoms with Crippen LogP contribution in [0.5, 0.6) is 5.88 Å². The lowest BCUT2D eigenvalue weighted by Crippen LogP contribution is -2.23. The van der Waals surface area contributed by atoms with Crippen molar-refractivity contribution in [2.45, 2.75) is 13.5 Å². The first-order valence-corrected chi connectivity index (χ1v) is 9.10. The fraction of sp³-hybridized carbons (Fsp3) is 0.143. The summed E-state index contributed by atoms with van der Waals surface area (Å²) in [6.45, 7) is 2.13. The van der Waals surface area contributed by atoms with E-state index in [4.69, 9.17) is 10.00 Å². The minimum Gasteiger partial charge on any atom is -0.473 e. The maximum Gasteiger partial charge on any atom is 0.368 e. The van der Waals surface area contributed by atoms with Crippen LogP contribution in [-0.4, -0.2) is 29.8 Å². The van der Waals surface area contributed by atoms with E-state index in [2.05, 4.69) is 26.5 Å². The summed E-state index contributed by atoms with van der Waals surface area (Å²) in [5.41, 5.74) is 4.13. The highest BCUT2D eigenvalue weighted by atomic mass is 16.5. The van der Waals surface area contributed by atoms with Gasteiger partial charge in [-0.25, -0.2) is 14.8 Å². The number of tetrazole rings is 1. The molecule has 0 saturated carbocycles. The van der Waals surface area contributed by atoms with Gasteiger partial charge in [-0.15, -0.1) is 0 Å². The molecule has 4 rings (SSSR count). The van der Waals surface area contributed by atoms with Gasteiger partial charge < -0.3 is 4.74 Å². The van der Waals surface area contributed by atoms with Gasteiger partial charge in [-0.3, -0.25) is 0 Å². The second-order valence-corrected chi connectivity index (χ2v) is 6.59. The van der Waals surface area contributed by atoms with Gasteiger partial charge in [0.15, 0.2) is 0 Å². The first kappa shape index (κ1) is 19.0. The van der Waals surface area contributed by atoms with Crippen LogP contribution in [-0.2, 0) is 13.7 Å². The van der Waals surface area contributed by atoms with Gasteiger partial charge in [-0.1, -0.05) is 24.3 Å². The Labute approximate surface area is 171 Å². The molecule has 0 aliphatic heterocycles. The van der Waals surface area contributed by atoms with Gasteiger partial charge in [0.2, 0.25) is 5.88 Å². The fourth-order valence-corrected chi connectivity index (χ4v) is 2.98. The number of nitrogens with zero attached hydrogens (tertiary/aromatic N) is 7. The number of ether oxygens (including phenoxy) is 1. The number of benzene rings is 2. The van der Waals surface area contributed by atoms with E-state index in [1.165, 1.54) is 15.7 Å². The van der Waals surface area contributed by atoms with Crippen molar-refractivity contribution in [2.24, 2.45) is 7.05 Å². The van der Waals surface area contributed by atoms with E-state index in [1.54, 1.807) is 31.3 Å². The molecular weight excluding hydrogens is 382 g/mol. The largest absolute Gasteiger partial charge is 0.473 e. The molecule has 0 fully saturated rings. The molecule has 0 unspecified atom stereocenters. The Bertz CT molecular complexity index is 1300. The standard InChI is InChI=1S/C21H17N7O2/c1-14-4-3-5-19(28-21(29)27(2)25-26-28)17(14)12-30-20-10-18(23-13-24-20)16-8-6-15(11-22)7-9-16/h3-10,13H,12H2,1-2H3. The topological polar surface area (TPSA) is 112 Å². The van der Waals surface area contributed by atoms with Gasteiger partial charge in [0.25, 0.3) is 0 Å². The monoisotopic (exact) mass is 399 g/mol. The average Bonchev–Trinajstić information content (AvgIpc) is 3.11. The summed E-state index contributed by atoms with van der Waals surface area (Å²) >= 11 is 0. The van der Waals surface area contributed by atoms with Crippen LogP contribution >= 0.6 is 0 Å². The molecule has 0 N–H and O–H groups in total. The lowest BCUT2D eigenvalue weighted by atomic mass is 10.1. The van der Waals surface area contributed by atoms with Crippen molar-refractivity contribution in [3.8, 4) is 28.9 Å². The van der Waals surface area contributed by atoms with E-state index < -0.39 is 0 Å². The number of aryl methyl sites for hydroxylation is 2. The highest BCUT2D eigenvalue weighted by Crippen LogP contribution is 2.23. The summed E-state index contributed by atoms with van der Waals surface area (Å²) in [5, 5.41) is 16.6. The molecule has 148 valence electrons. The van der Waals surface area contributed by atoms with Crippen molar-refractivity contribution >= 4 is 0 Å². The predicted octanol–water partition coefficient (Wildman–Crippen LogP) is 2.18. The van der Waals surface area contributed by atoms with Crippen molar-refractivity contribution in [3.05, 3.63) is 82.0 Å². The third-order valence-corrected chi connectivity index (χ3v) is 4.65. The summed E-state index contributed by atoms with van der Waals surface area (Å²) in [7, 11) is 1.55. The van der Waals surface area contributed by atoms with E-state index in [0.717, 1.165) is 16.7 Å². The predicted molar refractivity (Wildman–Crippen MR) is 108 cm³/mol. The third kappa shape index (κ3) is 3.66. The van der Waals surface area contributed by atoms with E-state index in [9.17, 15) is 4.79 Å². The Morgan fingerprint density at radius 2 is 1.90 bits per heavy atom. The van der Waals surface area contributed by atoms with E-state index in [1.807, 2.05) is 31.2 Å². The van der Waals surface area contributed by atoms with Crippen LogP contribution in [0.15, 0.2) is 59.7 Å². The summed E-state index contributed by atoms with van der Waals surface area (Å²) in [5.74, 6) is 0.394. The first-order chi connectivity index (χ1) is 14.6. The number of rotatable bonds is 5. The molecule has 9 heteroatoms. The molecule has 9 nitrogen and oxygen atoms in total. The molecule has 0 saturated heterocycles. The molecule has 0 spiro atoms. The first-order valence-electron chi connectivity index (χ1n) is 9.10. The van der Waals surface area contributed by atoms with Crippen molar-refractivity contribution in [3.63, 3.8) is 0 Å². The number of aromatic nitrogens is 6. The van der Waals surface area contributed by atoms with Crippen molar-refractivity contribution in [2.75, 3.05) is 0 Å². The van der Waals surface area contributed by atoms with Crippen LogP contribution in [0.4, 0.5) is 0 Å². The Morgan fingerprint density at radius 3 is 2.60 bits per heavy atom. The summed E-state index contributed by atoms with van der Waals surface area (Å²) in [4.78, 5) is 20.7. The number of hydrogen-bond acceptors (Lipinski definition) is 7. The maximum atomic E-state index is 12.3. The SMILES string of the molecule is Cc1cccc(-n2nnn(C)c2=O)c1COc1cc(-c2ccc(C#N)cc2)ncn1. The van der Waals surface area contributed by atoms with E-state index in [0.29, 0.717) is 22.8 Å². The van der Waals surface area contributed by atoms with Crippen LogP contribution < -0.4 is 10.4 Å². The molecule has 0 atom stereocenters. The Hall–Kier alpha value is -4.32. The number of hydrogen-bond donors (Lipinski definition) is 0. The molecule has 2 aromatic heterocycles. The number of nitriles is 1. The maximum absolute atomic E-state index is 12.3. The van der Waals surface area contributed by atoms with E-state index >= 15 is 0 Å². The molecule has 30 heavy (non-hydrogen) atoms. The average molecular weight is 399 g/mol. The van der Waals surface area contributed by atoms with Crippen LogP contribution in [0, 0.1) is 18.3 Å². The van der Waals surface area contributed by atoms with Crippen LogP contribution in [0.2, 0.25) is 0 Å². The normalized spacial score (nSPS) is 10.6. The quantitative estimate of drug-likeness (QED) is 0.506. The van der Waals surface area contributed by atoms with Gasteiger partial charge in [-0.05, 0) is 41.1 Å². The minimum atomic E-state index is -0.341. The minimum absolute atomic E-state index is 0.189. The molecule has 4 aromatic rings. The lowest BCUT2D eigenvalue weighted by Gasteiger charge is -2.12. The van der Waals surface area contributed by atoms with Crippen molar-refractivity contribution in [1.82, 2.24) is 29.8 Å². The van der Waals surface area contributed by atoms with Crippen LogP contribution in [0.25, 0.3) is 16.9 Å². The van der Waals surface area contributed by atoms with Crippen LogP contribution in [0.1, 0.15) is 16.7 Å². The Kier molecular flexibility index (Phi) is 5.05. The lowest BCUT2D eigenvalue weighted by molar-refractivity contribution is 0.292. The summed E-state index contributed by atoms with van der Waals surface area (Å²) < 4.78 is 8.33. The molecule has 0 aliphatic carbocycles. The second kappa shape index (κ2) is 7.97. The highest BCUT2D eigenvalue weighted by molar-refractivity contribution is 5.60. The molecular formula is C21H17N7O2. The Balaban J connectivity index is 1.61. The van der Waals surface area contributed by atoms with Gasteiger partial charge >= 0.3 is 5.69 Å². The van der Waals surface area contributed by atoms with Gasteiger partial charge in [-0.2, -0.15) is 14.6 Å². The van der Waals surface area contributed by atoms with Crippen molar-refractivity contribution < 1.29 is 4.74 Å². The molecule has 0 radical (unpaired) electrons. The molecule has 2 aromatic carbocycles. The van der Waals surface area contributed by atoms with Gasteiger partial charge in [0, 0.05) is 24.2 Å². The zero-order valence-corrected chi connectivity index (χ0v) is 16.4. The molecule has 2 heterocycles. The molecule has 0 aliphatic rings. The molecule has 0 bridgehead atoms. The van der Waals surface area contributed by atoms with Crippen LogP contribution in [0.3, 0.4) is 0 Å². The summed E-state index contributed by atoms with van der Waals surface area (Å²) in [6, 6.07) is 16.5. The van der Waals surface area contributed by atoms with Crippen molar-refractivity contribution in [1.29, 1.82) is 5.26 Å². The van der Waals surface area contributed by atoms with Gasteiger partial charge in [0.1, 0.15) is 12.9 Å². The Morgan fingerprint density at radius 1 is 1.10 bits per heavy atom. The third-order valence-electron chi connectivity index (χ3n) is 4.65. The van der Waals surface area contributed by atoms with Gasteiger partial charge in [0.05, 0.1) is 23.0 Å². The highest BCUT2D eigenvalue weighted by Gasteiger charge is 2.14. The fourth-order valence-electron chi connectivity index (χ4n) is 2.98. The summed E-state index contributed by atoms with van der Waals surface area (Å²) in [6.07, 6.45) is 1.43.